The Morgan fingerprint density at radius 1 is 1.05 bits per heavy atom. The Labute approximate surface area is 231 Å². The lowest BCUT2D eigenvalue weighted by atomic mass is 9.69. The van der Waals surface area contributed by atoms with Gasteiger partial charge in [0, 0.05) is 49.2 Å². The van der Waals surface area contributed by atoms with Crippen LogP contribution in [0, 0.1) is 5.92 Å². The highest BCUT2D eigenvalue weighted by Crippen LogP contribution is 2.39. The van der Waals surface area contributed by atoms with Crippen molar-refractivity contribution in [1.82, 2.24) is 15.3 Å². The van der Waals surface area contributed by atoms with Crippen molar-refractivity contribution in [3.8, 4) is 0 Å². The lowest BCUT2D eigenvalue weighted by Gasteiger charge is -2.38. The molecule has 7 nitrogen and oxygen atoms in total. The van der Waals surface area contributed by atoms with Crippen LogP contribution in [0.4, 0.5) is 17.6 Å². The highest BCUT2D eigenvalue weighted by molar-refractivity contribution is 7.80. The number of hydrogen-bond donors (Lipinski definition) is 2. The highest BCUT2D eigenvalue weighted by atomic mass is 35.5. The van der Waals surface area contributed by atoms with Gasteiger partial charge in [0.25, 0.3) is 0 Å². The maximum atomic E-state index is 6.37. The van der Waals surface area contributed by atoms with Gasteiger partial charge >= 0.3 is 0 Å². The lowest BCUT2D eigenvalue weighted by molar-refractivity contribution is 0.122. The molecule has 0 radical (unpaired) electrons. The summed E-state index contributed by atoms with van der Waals surface area (Å²) in [6, 6.07) is 10.4. The van der Waals surface area contributed by atoms with E-state index >= 15 is 0 Å². The average molecular weight is 543 g/mol. The number of thiocarbonyl (C=S) groups is 1. The van der Waals surface area contributed by atoms with Crippen LogP contribution in [-0.4, -0.2) is 61.0 Å². The van der Waals surface area contributed by atoms with E-state index in [1.165, 1.54) is 37.7 Å². The molecule has 3 fully saturated rings. The van der Waals surface area contributed by atoms with Crippen molar-refractivity contribution in [3.05, 3.63) is 40.9 Å². The number of ether oxygens (including phenoxy) is 1. The summed E-state index contributed by atoms with van der Waals surface area (Å²) >= 11 is 12.1. The molecule has 200 valence electrons. The first-order chi connectivity index (χ1) is 18.0. The summed E-state index contributed by atoms with van der Waals surface area (Å²) in [5, 5.41) is 8.18. The Bertz CT molecular complexity index is 1070. The average Bonchev–Trinajstić information content (AvgIpc) is 2.93. The van der Waals surface area contributed by atoms with Gasteiger partial charge in [-0.25, -0.2) is 0 Å². The molecule has 0 amide bonds. The molecule has 2 aromatic rings. The Hall–Kier alpha value is -2.16. The van der Waals surface area contributed by atoms with Crippen LogP contribution in [0.1, 0.15) is 57.4 Å². The van der Waals surface area contributed by atoms with E-state index < -0.39 is 0 Å². The molecule has 3 heterocycles. The molecule has 1 aromatic carbocycles. The number of nitrogens with zero attached hydrogens (tertiary/aromatic N) is 4. The fourth-order valence-corrected chi connectivity index (χ4v) is 6.36. The standard InChI is InChI=1S/C28H39ClN6OS/c1-21-7-6-12-35(19-21)25-18-24(34-13-15-36-16-14-34)31-26(32-25)33-27(37)30-20-28(10-3-2-4-11-28)22-8-5-9-23(29)17-22/h5,8-9,17-18,21H,2-4,6-7,10-16,19-20H2,1H3,(H2,30,31,32,33,37)/t21-/m1/s1. The highest BCUT2D eigenvalue weighted by Gasteiger charge is 2.34. The molecule has 0 spiro atoms. The van der Waals surface area contributed by atoms with Crippen LogP contribution in [0.5, 0.6) is 0 Å². The Morgan fingerprint density at radius 3 is 2.54 bits per heavy atom. The quantitative estimate of drug-likeness (QED) is 0.471. The summed E-state index contributed by atoms with van der Waals surface area (Å²) < 4.78 is 5.57. The topological polar surface area (TPSA) is 65.6 Å². The molecule has 0 bridgehead atoms. The molecule has 1 saturated carbocycles. The summed E-state index contributed by atoms with van der Waals surface area (Å²) in [6.45, 7) is 8.21. The monoisotopic (exact) mass is 542 g/mol. The fourth-order valence-electron chi connectivity index (χ4n) is 6.00. The summed E-state index contributed by atoms with van der Waals surface area (Å²) in [5.74, 6) is 3.11. The van der Waals surface area contributed by atoms with Crippen LogP contribution in [0.3, 0.4) is 0 Å². The molecule has 9 heteroatoms. The van der Waals surface area contributed by atoms with Gasteiger partial charge in [0.15, 0.2) is 5.11 Å². The fraction of sp³-hybridized carbons (Fsp3) is 0.607. The molecule has 2 N–H and O–H groups in total. The SMILES string of the molecule is C[C@@H]1CCCN(c2cc(N3CCOCC3)nc(NC(=S)NCC3(c4cccc(Cl)c4)CCCCC3)n2)C1. The first kappa shape index (κ1) is 26.4. The second kappa shape index (κ2) is 12.1. The maximum absolute atomic E-state index is 6.37. The van der Waals surface area contributed by atoms with Crippen LogP contribution in [0.15, 0.2) is 30.3 Å². The zero-order chi connectivity index (χ0) is 25.7. The van der Waals surface area contributed by atoms with Gasteiger partial charge in [-0.1, -0.05) is 49.9 Å². The van der Waals surface area contributed by atoms with E-state index in [2.05, 4.69) is 51.6 Å². The number of benzene rings is 1. The second-order valence-corrected chi connectivity index (χ2v) is 11.7. The van der Waals surface area contributed by atoms with Crippen molar-refractivity contribution in [2.24, 2.45) is 5.92 Å². The van der Waals surface area contributed by atoms with Crippen molar-refractivity contribution < 1.29 is 4.74 Å². The third-order valence-electron chi connectivity index (χ3n) is 8.08. The van der Waals surface area contributed by atoms with Crippen LogP contribution in [0.2, 0.25) is 5.02 Å². The van der Waals surface area contributed by atoms with E-state index in [0.717, 1.165) is 62.2 Å². The number of anilines is 3. The van der Waals surface area contributed by atoms with Gasteiger partial charge in [0.05, 0.1) is 13.2 Å². The Morgan fingerprint density at radius 2 is 1.81 bits per heavy atom. The molecule has 2 saturated heterocycles. The molecular formula is C28H39ClN6OS. The summed E-state index contributed by atoms with van der Waals surface area (Å²) in [6.07, 6.45) is 8.43. The zero-order valence-corrected chi connectivity index (χ0v) is 23.4. The molecule has 0 unspecified atom stereocenters. The molecule has 1 aliphatic carbocycles. The van der Waals surface area contributed by atoms with Gasteiger partial charge in [-0.3, -0.25) is 0 Å². The number of halogens is 1. The van der Waals surface area contributed by atoms with Crippen molar-refractivity contribution >= 4 is 46.5 Å². The van der Waals surface area contributed by atoms with Gasteiger partial charge in [0.2, 0.25) is 5.95 Å². The number of rotatable bonds is 6. The number of hydrogen-bond acceptors (Lipinski definition) is 6. The third-order valence-corrected chi connectivity index (χ3v) is 8.56. The van der Waals surface area contributed by atoms with Crippen LogP contribution >= 0.6 is 23.8 Å². The first-order valence-electron chi connectivity index (χ1n) is 13.8. The van der Waals surface area contributed by atoms with Gasteiger partial charge < -0.3 is 25.2 Å². The third kappa shape index (κ3) is 6.65. The van der Waals surface area contributed by atoms with Crippen LogP contribution < -0.4 is 20.4 Å². The van der Waals surface area contributed by atoms with Gasteiger partial charge in [-0.2, -0.15) is 9.97 Å². The number of nitrogens with one attached hydrogen (secondary N) is 2. The second-order valence-electron chi connectivity index (χ2n) is 10.9. The van der Waals surface area contributed by atoms with Gasteiger partial charge in [-0.05, 0) is 61.5 Å². The van der Waals surface area contributed by atoms with E-state index in [0.29, 0.717) is 30.2 Å². The summed E-state index contributed by atoms with van der Waals surface area (Å²) in [5.41, 5.74) is 1.32. The van der Waals surface area contributed by atoms with E-state index in [1.807, 2.05) is 6.07 Å². The van der Waals surface area contributed by atoms with Crippen molar-refractivity contribution in [3.63, 3.8) is 0 Å². The van der Waals surface area contributed by atoms with Gasteiger partial charge in [0.1, 0.15) is 11.6 Å². The molecular weight excluding hydrogens is 504 g/mol. The van der Waals surface area contributed by atoms with Crippen molar-refractivity contribution in [2.75, 3.05) is 61.1 Å². The van der Waals surface area contributed by atoms with Crippen LogP contribution in [-0.2, 0) is 10.2 Å². The molecule has 1 atom stereocenters. The van der Waals surface area contributed by atoms with E-state index in [4.69, 9.17) is 38.5 Å². The zero-order valence-electron chi connectivity index (χ0n) is 21.8. The largest absolute Gasteiger partial charge is 0.378 e. The molecule has 5 rings (SSSR count). The van der Waals surface area contributed by atoms with E-state index in [1.54, 1.807) is 0 Å². The smallest absolute Gasteiger partial charge is 0.232 e. The van der Waals surface area contributed by atoms with E-state index in [9.17, 15) is 0 Å². The number of morpholine rings is 1. The molecule has 2 aliphatic heterocycles. The molecule has 1 aromatic heterocycles. The van der Waals surface area contributed by atoms with E-state index in [-0.39, 0.29) is 5.41 Å². The minimum absolute atomic E-state index is 0.0283. The maximum Gasteiger partial charge on any atom is 0.232 e. The first-order valence-corrected chi connectivity index (χ1v) is 14.6. The van der Waals surface area contributed by atoms with Crippen molar-refractivity contribution in [2.45, 2.75) is 57.3 Å². The van der Waals surface area contributed by atoms with Crippen LogP contribution in [0.25, 0.3) is 0 Å². The molecule has 3 aliphatic rings. The normalized spacial score (nSPS) is 21.9. The number of aromatic nitrogens is 2. The summed E-state index contributed by atoms with van der Waals surface area (Å²) in [7, 11) is 0. The number of piperidine rings is 1. The minimum Gasteiger partial charge on any atom is -0.378 e. The lowest BCUT2D eigenvalue weighted by Crippen LogP contribution is -2.44. The molecule has 37 heavy (non-hydrogen) atoms. The Kier molecular flexibility index (Phi) is 8.67. The van der Waals surface area contributed by atoms with Crippen molar-refractivity contribution in [1.29, 1.82) is 0 Å². The van der Waals surface area contributed by atoms with Gasteiger partial charge in [-0.15, -0.1) is 0 Å². The Balaban J connectivity index is 1.32. The predicted octanol–water partition coefficient (Wildman–Crippen LogP) is 5.39. The minimum atomic E-state index is 0.0283. The summed E-state index contributed by atoms with van der Waals surface area (Å²) in [4.78, 5) is 14.4. The predicted molar refractivity (Wildman–Crippen MR) is 156 cm³/mol.